The molecule has 0 aliphatic rings. The van der Waals surface area contributed by atoms with E-state index in [9.17, 15) is 28.1 Å². The van der Waals surface area contributed by atoms with Crippen molar-refractivity contribution in [2.75, 3.05) is 5.32 Å². The molecule has 0 heterocycles. The van der Waals surface area contributed by atoms with E-state index in [1.807, 2.05) is 0 Å². The van der Waals surface area contributed by atoms with Crippen molar-refractivity contribution in [3.8, 4) is 0 Å². The quantitative estimate of drug-likeness (QED) is 0.653. The third-order valence-electron chi connectivity index (χ3n) is 2.93. The number of hydrogen-bond acceptors (Lipinski definition) is 4. The first-order valence-corrected chi connectivity index (χ1v) is 6.15. The van der Waals surface area contributed by atoms with Crippen LogP contribution in [0.15, 0.2) is 42.5 Å². The molecule has 2 aromatic carbocycles. The summed E-state index contributed by atoms with van der Waals surface area (Å²) < 4.78 is 38.1. The highest BCUT2D eigenvalue weighted by Crippen LogP contribution is 2.34. The fourth-order valence-electron chi connectivity index (χ4n) is 1.92. The normalized spacial score (nSPS) is 11.1. The van der Waals surface area contributed by atoms with Gasteiger partial charge in [0.2, 0.25) is 0 Å². The predicted octanol–water partition coefficient (Wildman–Crippen LogP) is 4.06. The largest absolute Gasteiger partial charge is 0.478 e. The number of nitrogens with one attached hydrogen (secondary N) is 1. The van der Waals surface area contributed by atoms with E-state index in [-0.39, 0.29) is 11.4 Å². The van der Waals surface area contributed by atoms with Crippen molar-refractivity contribution in [1.82, 2.24) is 0 Å². The smallest absolute Gasteiger partial charge is 0.416 e. The summed E-state index contributed by atoms with van der Waals surface area (Å²) in [4.78, 5) is 21.4. The van der Waals surface area contributed by atoms with Crippen LogP contribution in [0.5, 0.6) is 0 Å². The molecule has 0 spiro atoms. The molecule has 2 rings (SSSR count). The molecule has 0 saturated heterocycles. The van der Waals surface area contributed by atoms with Gasteiger partial charge in [0.1, 0.15) is 5.69 Å². The Morgan fingerprint density at radius 1 is 1.17 bits per heavy atom. The fourth-order valence-corrected chi connectivity index (χ4v) is 1.92. The van der Waals surface area contributed by atoms with Crippen molar-refractivity contribution in [2.45, 2.75) is 6.18 Å². The number of anilines is 2. The molecular formula is C14H9F3N2O4. The van der Waals surface area contributed by atoms with E-state index >= 15 is 0 Å². The zero-order valence-electron chi connectivity index (χ0n) is 11.3. The van der Waals surface area contributed by atoms with E-state index in [2.05, 4.69) is 5.32 Å². The van der Waals surface area contributed by atoms with Gasteiger partial charge in [0.15, 0.2) is 0 Å². The lowest BCUT2D eigenvalue weighted by Gasteiger charge is -2.12. The van der Waals surface area contributed by atoms with Gasteiger partial charge in [-0.2, -0.15) is 13.2 Å². The number of hydrogen-bond donors (Lipinski definition) is 2. The summed E-state index contributed by atoms with van der Waals surface area (Å²) >= 11 is 0. The molecule has 0 saturated carbocycles. The van der Waals surface area contributed by atoms with Crippen molar-refractivity contribution in [3.63, 3.8) is 0 Å². The number of benzene rings is 2. The van der Waals surface area contributed by atoms with E-state index in [0.717, 1.165) is 30.3 Å². The maximum absolute atomic E-state index is 12.7. The second kappa shape index (κ2) is 5.95. The Hall–Kier alpha value is -3.10. The number of nitrogens with zero attached hydrogens (tertiary/aromatic N) is 1. The van der Waals surface area contributed by atoms with Crippen LogP contribution in [0.4, 0.5) is 30.2 Å². The highest BCUT2D eigenvalue weighted by Gasteiger charge is 2.30. The third-order valence-corrected chi connectivity index (χ3v) is 2.93. The molecule has 23 heavy (non-hydrogen) atoms. The van der Waals surface area contributed by atoms with Gasteiger partial charge in [0.25, 0.3) is 5.69 Å². The molecule has 9 heteroatoms. The average Bonchev–Trinajstić information content (AvgIpc) is 2.46. The van der Waals surface area contributed by atoms with Crippen molar-refractivity contribution in [1.29, 1.82) is 0 Å². The van der Waals surface area contributed by atoms with Crippen LogP contribution in [0.3, 0.4) is 0 Å². The van der Waals surface area contributed by atoms with Crippen LogP contribution in [0.2, 0.25) is 0 Å². The zero-order chi connectivity index (χ0) is 17.2. The SMILES string of the molecule is O=C(O)c1cccc([N+](=O)[O-])c1Nc1cccc(C(F)(F)F)c1. The second-order valence-corrected chi connectivity index (χ2v) is 4.47. The first kappa shape index (κ1) is 16.3. The lowest BCUT2D eigenvalue weighted by molar-refractivity contribution is -0.383. The number of carbonyl (C=O) groups is 1. The van der Waals surface area contributed by atoms with Crippen LogP contribution in [0.25, 0.3) is 0 Å². The lowest BCUT2D eigenvalue weighted by atomic mass is 10.1. The molecule has 0 radical (unpaired) electrons. The second-order valence-electron chi connectivity index (χ2n) is 4.47. The molecule has 0 atom stereocenters. The molecule has 0 fully saturated rings. The molecule has 0 aliphatic carbocycles. The highest BCUT2D eigenvalue weighted by atomic mass is 19.4. The molecule has 6 nitrogen and oxygen atoms in total. The summed E-state index contributed by atoms with van der Waals surface area (Å²) in [5.74, 6) is -1.44. The standard InChI is InChI=1S/C14H9F3N2O4/c15-14(16,17)8-3-1-4-9(7-8)18-12-10(13(20)21)5-2-6-11(12)19(22)23/h1-7,18H,(H,20,21). The lowest BCUT2D eigenvalue weighted by Crippen LogP contribution is -2.08. The number of nitro groups is 1. The van der Waals surface area contributed by atoms with Gasteiger partial charge < -0.3 is 10.4 Å². The zero-order valence-corrected chi connectivity index (χ0v) is 11.3. The monoisotopic (exact) mass is 326 g/mol. The van der Waals surface area contributed by atoms with E-state index < -0.39 is 33.9 Å². The number of carboxylic acids is 1. The van der Waals surface area contributed by atoms with E-state index in [1.54, 1.807) is 0 Å². The third kappa shape index (κ3) is 3.57. The summed E-state index contributed by atoms with van der Waals surface area (Å²) in [5.41, 5.74) is -2.43. The molecule has 0 unspecified atom stereocenters. The number of carboxylic acid groups (broad SMARTS) is 1. The molecule has 0 aromatic heterocycles. The summed E-state index contributed by atoms with van der Waals surface area (Å²) in [7, 11) is 0. The Balaban J connectivity index is 2.52. The van der Waals surface area contributed by atoms with Crippen LogP contribution >= 0.6 is 0 Å². The van der Waals surface area contributed by atoms with E-state index in [1.165, 1.54) is 12.1 Å². The highest BCUT2D eigenvalue weighted by molar-refractivity contribution is 5.98. The maximum atomic E-state index is 12.7. The minimum absolute atomic E-state index is 0.114. The average molecular weight is 326 g/mol. The summed E-state index contributed by atoms with van der Waals surface area (Å²) in [6, 6.07) is 7.29. The minimum Gasteiger partial charge on any atom is -0.478 e. The number of nitro benzene ring substituents is 1. The number of halogens is 3. The van der Waals surface area contributed by atoms with E-state index in [4.69, 9.17) is 5.11 Å². The van der Waals surface area contributed by atoms with Crippen molar-refractivity contribution in [2.24, 2.45) is 0 Å². The first-order chi connectivity index (χ1) is 10.7. The summed E-state index contributed by atoms with van der Waals surface area (Å²) in [6.07, 6.45) is -4.59. The first-order valence-electron chi connectivity index (χ1n) is 6.15. The topological polar surface area (TPSA) is 92.5 Å². The number of alkyl halides is 3. The van der Waals surface area contributed by atoms with Gasteiger partial charge in [-0.1, -0.05) is 12.1 Å². The van der Waals surface area contributed by atoms with Gasteiger partial charge in [-0.3, -0.25) is 10.1 Å². The van der Waals surface area contributed by atoms with E-state index in [0.29, 0.717) is 0 Å². The number of para-hydroxylation sites is 1. The fraction of sp³-hybridized carbons (Fsp3) is 0.0714. The van der Waals surface area contributed by atoms with Gasteiger partial charge in [0.05, 0.1) is 16.1 Å². The molecular weight excluding hydrogens is 317 g/mol. The van der Waals surface area contributed by atoms with Gasteiger partial charge >= 0.3 is 12.1 Å². The Kier molecular flexibility index (Phi) is 4.21. The van der Waals surface area contributed by atoms with Gasteiger partial charge in [-0.05, 0) is 24.3 Å². The summed E-state index contributed by atoms with van der Waals surface area (Å²) in [6.45, 7) is 0. The van der Waals surface area contributed by atoms with Crippen molar-refractivity contribution in [3.05, 3.63) is 63.7 Å². The predicted molar refractivity (Wildman–Crippen MR) is 74.8 cm³/mol. The molecule has 2 aromatic rings. The molecule has 120 valence electrons. The van der Waals surface area contributed by atoms with Gasteiger partial charge in [-0.25, -0.2) is 4.79 Å². The Morgan fingerprint density at radius 2 is 1.83 bits per heavy atom. The van der Waals surface area contributed by atoms with Crippen LogP contribution in [0.1, 0.15) is 15.9 Å². The molecule has 2 N–H and O–H groups in total. The van der Waals surface area contributed by atoms with Crippen LogP contribution < -0.4 is 5.32 Å². The minimum atomic E-state index is -4.59. The Morgan fingerprint density at radius 3 is 2.39 bits per heavy atom. The van der Waals surface area contributed by atoms with Gasteiger partial charge in [0, 0.05) is 11.8 Å². The Labute approximate surface area is 127 Å². The Bertz CT molecular complexity index is 743. The van der Waals surface area contributed by atoms with Crippen LogP contribution in [-0.4, -0.2) is 16.0 Å². The van der Waals surface area contributed by atoms with Crippen LogP contribution in [0, 0.1) is 10.1 Å². The number of aromatic carboxylic acids is 1. The van der Waals surface area contributed by atoms with Crippen LogP contribution in [-0.2, 0) is 6.18 Å². The molecule has 0 bridgehead atoms. The maximum Gasteiger partial charge on any atom is 0.416 e. The molecule has 0 amide bonds. The van der Waals surface area contributed by atoms with Crippen molar-refractivity contribution >= 4 is 23.0 Å². The summed E-state index contributed by atoms with van der Waals surface area (Å²) in [5, 5.41) is 22.5. The van der Waals surface area contributed by atoms with Crippen molar-refractivity contribution < 1.29 is 28.0 Å². The molecule has 0 aliphatic heterocycles. The van der Waals surface area contributed by atoms with Gasteiger partial charge in [-0.15, -0.1) is 0 Å². The number of rotatable bonds is 4.